The first-order valence-corrected chi connectivity index (χ1v) is 12.5. The average Bonchev–Trinajstić information content (AvgIpc) is 2.77. The lowest BCUT2D eigenvalue weighted by Gasteiger charge is -2.28. The minimum atomic E-state index is -0.0151. The number of hydrogen-bond donors (Lipinski definition) is 0. The van der Waals surface area contributed by atoms with Crippen molar-refractivity contribution < 1.29 is 4.39 Å². The minimum absolute atomic E-state index is 0.0151. The summed E-state index contributed by atoms with van der Waals surface area (Å²) in [4.78, 5) is 0. The topological polar surface area (TPSA) is 0 Å². The Kier molecular flexibility index (Phi) is 9.43. The van der Waals surface area contributed by atoms with E-state index in [1.54, 1.807) is 6.07 Å². The van der Waals surface area contributed by atoms with Crippen LogP contribution in [-0.2, 0) is 25.7 Å². The fourth-order valence-corrected chi connectivity index (χ4v) is 5.07. The summed E-state index contributed by atoms with van der Waals surface area (Å²) in [6.07, 6.45) is 15.9. The van der Waals surface area contributed by atoms with E-state index in [9.17, 15) is 4.39 Å². The highest BCUT2D eigenvalue weighted by molar-refractivity contribution is 5.27. The lowest BCUT2D eigenvalue weighted by Crippen LogP contribution is -2.15. The molecule has 164 valence electrons. The number of unbranched alkanes of at least 4 members (excludes halogenated alkanes) is 1. The zero-order valence-electron chi connectivity index (χ0n) is 19.3. The summed E-state index contributed by atoms with van der Waals surface area (Å²) in [5.74, 6) is 1.80. The predicted octanol–water partition coefficient (Wildman–Crippen LogP) is 8.49. The quantitative estimate of drug-likeness (QED) is 0.349. The van der Waals surface area contributed by atoms with Gasteiger partial charge in [0.05, 0.1) is 0 Å². The summed E-state index contributed by atoms with van der Waals surface area (Å²) in [5, 5.41) is 0. The third-order valence-corrected chi connectivity index (χ3v) is 7.15. The van der Waals surface area contributed by atoms with Crippen LogP contribution in [0.25, 0.3) is 0 Å². The van der Waals surface area contributed by atoms with Crippen molar-refractivity contribution in [2.45, 2.75) is 97.3 Å². The standard InChI is InChI=1S/C29H41F/c1-3-5-7-24-10-14-26(15-11-24)18-20-28-21-19-27(22-29(28)30)17-16-25-12-8-23(6-4-2)9-13-25/h10-11,14-15,19,21-23,25H,3-9,12-13,16-18,20H2,1-2H3. The Morgan fingerprint density at radius 3 is 1.87 bits per heavy atom. The first-order chi connectivity index (χ1) is 14.7. The molecule has 0 nitrogen and oxygen atoms in total. The van der Waals surface area contributed by atoms with Crippen molar-refractivity contribution in [1.29, 1.82) is 0 Å². The van der Waals surface area contributed by atoms with Crippen LogP contribution >= 0.6 is 0 Å². The van der Waals surface area contributed by atoms with Gasteiger partial charge in [0.15, 0.2) is 0 Å². The fourth-order valence-electron chi connectivity index (χ4n) is 5.07. The van der Waals surface area contributed by atoms with Gasteiger partial charge in [-0.1, -0.05) is 95.2 Å². The van der Waals surface area contributed by atoms with E-state index in [2.05, 4.69) is 44.2 Å². The van der Waals surface area contributed by atoms with Gasteiger partial charge in [-0.25, -0.2) is 4.39 Å². The van der Waals surface area contributed by atoms with Gasteiger partial charge in [0, 0.05) is 0 Å². The summed E-state index contributed by atoms with van der Waals surface area (Å²) in [5.41, 5.74) is 4.74. The minimum Gasteiger partial charge on any atom is -0.207 e. The molecule has 0 aromatic heterocycles. The van der Waals surface area contributed by atoms with Gasteiger partial charge in [0.1, 0.15) is 5.82 Å². The molecular weight excluding hydrogens is 367 g/mol. The number of hydrogen-bond acceptors (Lipinski definition) is 0. The summed E-state index contributed by atoms with van der Waals surface area (Å²) >= 11 is 0. The van der Waals surface area contributed by atoms with Crippen molar-refractivity contribution in [1.82, 2.24) is 0 Å². The summed E-state index contributed by atoms with van der Waals surface area (Å²) in [7, 11) is 0. The normalized spacial score (nSPS) is 19.2. The molecule has 0 saturated heterocycles. The van der Waals surface area contributed by atoms with Crippen molar-refractivity contribution in [3.05, 3.63) is 70.5 Å². The highest BCUT2D eigenvalue weighted by atomic mass is 19.1. The van der Waals surface area contributed by atoms with Crippen molar-refractivity contribution in [3.63, 3.8) is 0 Å². The number of rotatable bonds is 11. The van der Waals surface area contributed by atoms with Gasteiger partial charge >= 0.3 is 0 Å². The van der Waals surface area contributed by atoms with Gasteiger partial charge in [-0.15, -0.1) is 0 Å². The van der Waals surface area contributed by atoms with Crippen LogP contribution in [0.2, 0.25) is 0 Å². The molecule has 1 aliphatic carbocycles. The van der Waals surface area contributed by atoms with Crippen LogP contribution in [0.1, 0.15) is 93.9 Å². The summed E-state index contributed by atoms with van der Waals surface area (Å²) in [6, 6.07) is 14.9. The molecule has 0 aliphatic heterocycles. The Balaban J connectivity index is 1.43. The highest BCUT2D eigenvalue weighted by Crippen LogP contribution is 2.34. The molecular formula is C29H41F. The van der Waals surface area contributed by atoms with E-state index in [0.29, 0.717) is 0 Å². The second-order valence-electron chi connectivity index (χ2n) is 9.56. The molecule has 2 aromatic carbocycles. The molecule has 30 heavy (non-hydrogen) atoms. The van der Waals surface area contributed by atoms with Crippen molar-refractivity contribution in [3.8, 4) is 0 Å². The molecule has 1 fully saturated rings. The molecule has 1 heteroatoms. The van der Waals surface area contributed by atoms with Gasteiger partial charge in [0.25, 0.3) is 0 Å². The maximum atomic E-state index is 14.7. The molecule has 0 bridgehead atoms. The van der Waals surface area contributed by atoms with Crippen LogP contribution in [0, 0.1) is 17.7 Å². The first kappa shape index (κ1) is 23.0. The largest absolute Gasteiger partial charge is 0.207 e. The van der Waals surface area contributed by atoms with Gasteiger partial charge in [0.2, 0.25) is 0 Å². The lowest BCUT2D eigenvalue weighted by molar-refractivity contribution is 0.252. The average molecular weight is 409 g/mol. The number of halogens is 1. The van der Waals surface area contributed by atoms with Crippen molar-refractivity contribution in [2.24, 2.45) is 11.8 Å². The van der Waals surface area contributed by atoms with E-state index in [4.69, 9.17) is 0 Å². The van der Waals surface area contributed by atoms with E-state index in [1.807, 2.05) is 6.07 Å². The van der Waals surface area contributed by atoms with E-state index in [0.717, 1.165) is 43.1 Å². The molecule has 3 rings (SSSR count). The summed E-state index contributed by atoms with van der Waals surface area (Å²) < 4.78 is 14.7. The Morgan fingerprint density at radius 2 is 1.27 bits per heavy atom. The molecule has 0 atom stereocenters. The van der Waals surface area contributed by atoms with E-state index >= 15 is 0 Å². The third-order valence-electron chi connectivity index (χ3n) is 7.15. The Morgan fingerprint density at radius 1 is 0.667 bits per heavy atom. The number of aryl methyl sites for hydroxylation is 4. The maximum absolute atomic E-state index is 14.7. The second-order valence-corrected chi connectivity index (χ2v) is 9.56. The zero-order valence-corrected chi connectivity index (χ0v) is 19.3. The second kappa shape index (κ2) is 12.3. The molecule has 1 aliphatic rings. The molecule has 1 saturated carbocycles. The molecule has 0 unspecified atom stereocenters. The van der Waals surface area contributed by atoms with Crippen LogP contribution in [0.3, 0.4) is 0 Å². The van der Waals surface area contributed by atoms with Gasteiger partial charge < -0.3 is 0 Å². The Bertz CT molecular complexity index is 737. The first-order valence-electron chi connectivity index (χ1n) is 12.5. The zero-order chi connectivity index (χ0) is 21.2. The molecule has 0 amide bonds. The Hall–Kier alpha value is -1.63. The van der Waals surface area contributed by atoms with Crippen LogP contribution in [0.4, 0.5) is 4.39 Å². The van der Waals surface area contributed by atoms with E-state index < -0.39 is 0 Å². The fraction of sp³-hybridized carbons (Fsp3) is 0.586. The SMILES string of the molecule is CCCCc1ccc(CCc2ccc(CCC3CCC(CCC)CC3)cc2F)cc1. The summed E-state index contributed by atoms with van der Waals surface area (Å²) in [6.45, 7) is 4.53. The lowest BCUT2D eigenvalue weighted by atomic mass is 9.78. The highest BCUT2D eigenvalue weighted by Gasteiger charge is 2.20. The maximum Gasteiger partial charge on any atom is 0.126 e. The van der Waals surface area contributed by atoms with Gasteiger partial charge in [-0.2, -0.15) is 0 Å². The third kappa shape index (κ3) is 7.25. The number of benzene rings is 2. The molecule has 2 aromatic rings. The monoisotopic (exact) mass is 408 g/mol. The van der Waals surface area contributed by atoms with Crippen LogP contribution < -0.4 is 0 Å². The van der Waals surface area contributed by atoms with Crippen molar-refractivity contribution in [2.75, 3.05) is 0 Å². The molecule has 0 spiro atoms. The predicted molar refractivity (Wildman–Crippen MR) is 128 cm³/mol. The molecule has 0 heterocycles. The van der Waals surface area contributed by atoms with E-state index in [-0.39, 0.29) is 5.82 Å². The van der Waals surface area contributed by atoms with Gasteiger partial charge in [-0.3, -0.25) is 0 Å². The van der Waals surface area contributed by atoms with Gasteiger partial charge in [-0.05, 0) is 78.7 Å². The molecule has 0 N–H and O–H groups in total. The molecule has 0 radical (unpaired) electrons. The van der Waals surface area contributed by atoms with Crippen LogP contribution in [-0.4, -0.2) is 0 Å². The van der Waals surface area contributed by atoms with Crippen molar-refractivity contribution >= 4 is 0 Å². The smallest absolute Gasteiger partial charge is 0.126 e. The Labute approximate surface area is 184 Å². The van der Waals surface area contributed by atoms with Crippen LogP contribution in [0.15, 0.2) is 42.5 Å². The van der Waals surface area contributed by atoms with E-state index in [1.165, 1.54) is 74.5 Å². The van der Waals surface area contributed by atoms with Crippen LogP contribution in [0.5, 0.6) is 0 Å².